The number of urea groups is 1. The molecule has 2 N–H and O–H groups in total. The van der Waals surface area contributed by atoms with Gasteiger partial charge in [0.15, 0.2) is 0 Å². The van der Waals surface area contributed by atoms with Gasteiger partial charge < -0.3 is 20.2 Å². The van der Waals surface area contributed by atoms with Crippen molar-refractivity contribution in [2.45, 2.75) is 32.7 Å². The molecule has 0 radical (unpaired) electrons. The number of piperazine rings is 1. The standard InChI is InChI=1S/C13H21N3O4/c1-13(2)3-5-15(8-13)12(20)16-6-4-14-11(19)9(16)7-10(17)18/h9H,3-8H2,1-2H3,(H,14,19)(H,17,18). The zero-order valence-corrected chi connectivity index (χ0v) is 11.9. The van der Waals surface area contributed by atoms with Crippen LogP contribution in [0, 0.1) is 5.41 Å². The molecule has 0 aromatic carbocycles. The van der Waals surface area contributed by atoms with Gasteiger partial charge in [0.05, 0.1) is 6.42 Å². The third kappa shape index (κ3) is 3.02. The summed E-state index contributed by atoms with van der Waals surface area (Å²) in [7, 11) is 0. The van der Waals surface area contributed by atoms with Crippen LogP contribution in [-0.2, 0) is 9.59 Å². The minimum atomic E-state index is -1.08. The average Bonchev–Trinajstić information content (AvgIpc) is 2.71. The molecule has 1 atom stereocenters. The van der Waals surface area contributed by atoms with Crippen LogP contribution < -0.4 is 5.32 Å². The average molecular weight is 283 g/mol. The van der Waals surface area contributed by atoms with Gasteiger partial charge in [-0.2, -0.15) is 0 Å². The van der Waals surface area contributed by atoms with Gasteiger partial charge in [-0.3, -0.25) is 9.59 Å². The van der Waals surface area contributed by atoms with E-state index in [-0.39, 0.29) is 23.8 Å². The maximum Gasteiger partial charge on any atom is 0.320 e. The SMILES string of the molecule is CC1(C)CCN(C(=O)N2CCNC(=O)C2CC(=O)O)C1. The van der Waals surface area contributed by atoms with Crippen molar-refractivity contribution in [2.75, 3.05) is 26.2 Å². The number of rotatable bonds is 2. The minimum Gasteiger partial charge on any atom is -0.481 e. The van der Waals surface area contributed by atoms with Gasteiger partial charge in [0, 0.05) is 26.2 Å². The fraction of sp³-hybridized carbons (Fsp3) is 0.769. The number of nitrogens with one attached hydrogen (secondary N) is 1. The van der Waals surface area contributed by atoms with Gasteiger partial charge in [-0.05, 0) is 11.8 Å². The second-order valence-electron chi connectivity index (χ2n) is 6.22. The summed E-state index contributed by atoms with van der Waals surface area (Å²) in [5.74, 6) is -1.46. The molecular formula is C13H21N3O4. The molecule has 2 saturated heterocycles. The summed E-state index contributed by atoms with van der Waals surface area (Å²) in [4.78, 5) is 38.3. The lowest BCUT2D eigenvalue weighted by Crippen LogP contribution is -2.60. The Morgan fingerprint density at radius 3 is 2.65 bits per heavy atom. The normalized spacial score (nSPS) is 25.5. The van der Waals surface area contributed by atoms with Crippen molar-refractivity contribution in [3.63, 3.8) is 0 Å². The van der Waals surface area contributed by atoms with E-state index in [9.17, 15) is 14.4 Å². The fourth-order valence-corrected chi connectivity index (χ4v) is 2.77. The summed E-state index contributed by atoms with van der Waals surface area (Å²) in [6.45, 7) is 6.22. The van der Waals surface area contributed by atoms with Crippen molar-refractivity contribution in [2.24, 2.45) is 5.41 Å². The first-order valence-electron chi connectivity index (χ1n) is 6.85. The van der Waals surface area contributed by atoms with E-state index in [1.807, 2.05) is 0 Å². The molecule has 112 valence electrons. The van der Waals surface area contributed by atoms with Gasteiger partial charge in [-0.1, -0.05) is 13.8 Å². The maximum atomic E-state index is 12.5. The Balaban J connectivity index is 2.10. The van der Waals surface area contributed by atoms with E-state index in [1.54, 1.807) is 4.90 Å². The number of carboxylic acid groups (broad SMARTS) is 1. The van der Waals surface area contributed by atoms with Gasteiger partial charge in [0.25, 0.3) is 0 Å². The highest BCUT2D eigenvalue weighted by molar-refractivity contribution is 5.91. The van der Waals surface area contributed by atoms with E-state index in [0.29, 0.717) is 26.2 Å². The monoisotopic (exact) mass is 283 g/mol. The first kappa shape index (κ1) is 14.6. The van der Waals surface area contributed by atoms with Crippen LogP contribution in [0.5, 0.6) is 0 Å². The molecule has 0 aromatic heterocycles. The molecular weight excluding hydrogens is 262 g/mol. The molecule has 1 unspecified atom stereocenters. The highest BCUT2D eigenvalue weighted by Gasteiger charge is 2.40. The zero-order chi connectivity index (χ0) is 14.9. The molecule has 20 heavy (non-hydrogen) atoms. The Kier molecular flexibility index (Phi) is 3.87. The molecule has 0 aliphatic carbocycles. The number of carbonyl (C=O) groups is 3. The minimum absolute atomic E-state index is 0.0794. The van der Waals surface area contributed by atoms with E-state index in [4.69, 9.17) is 5.11 Å². The molecule has 2 heterocycles. The lowest BCUT2D eigenvalue weighted by atomic mass is 9.93. The van der Waals surface area contributed by atoms with Crippen LogP contribution in [0.25, 0.3) is 0 Å². The number of hydrogen-bond donors (Lipinski definition) is 2. The molecule has 0 saturated carbocycles. The van der Waals surface area contributed by atoms with Crippen LogP contribution >= 0.6 is 0 Å². The highest BCUT2D eigenvalue weighted by atomic mass is 16.4. The van der Waals surface area contributed by atoms with Crippen molar-refractivity contribution >= 4 is 17.9 Å². The van der Waals surface area contributed by atoms with E-state index >= 15 is 0 Å². The van der Waals surface area contributed by atoms with Gasteiger partial charge >= 0.3 is 12.0 Å². The summed E-state index contributed by atoms with van der Waals surface area (Å²) in [5, 5.41) is 11.5. The van der Waals surface area contributed by atoms with Gasteiger partial charge in [0.2, 0.25) is 5.91 Å². The summed E-state index contributed by atoms with van der Waals surface area (Å²) < 4.78 is 0. The molecule has 7 heteroatoms. The van der Waals surface area contributed by atoms with Crippen LogP contribution in [0.1, 0.15) is 26.7 Å². The van der Waals surface area contributed by atoms with E-state index in [1.165, 1.54) is 4.90 Å². The molecule has 0 spiro atoms. The zero-order valence-electron chi connectivity index (χ0n) is 11.9. The Bertz CT molecular complexity index is 435. The molecule has 2 aliphatic heterocycles. The fourth-order valence-electron chi connectivity index (χ4n) is 2.77. The van der Waals surface area contributed by atoms with Crippen molar-refractivity contribution in [1.29, 1.82) is 0 Å². The molecule has 2 rings (SSSR count). The lowest BCUT2D eigenvalue weighted by Gasteiger charge is -2.37. The summed E-state index contributed by atoms with van der Waals surface area (Å²) >= 11 is 0. The Hall–Kier alpha value is -1.79. The molecule has 0 bridgehead atoms. The summed E-state index contributed by atoms with van der Waals surface area (Å²) in [6, 6.07) is -1.13. The third-order valence-electron chi connectivity index (χ3n) is 3.89. The predicted molar refractivity (Wildman–Crippen MR) is 71.1 cm³/mol. The van der Waals surface area contributed by atoms with Crippen molar-refractivity contribution < 1.29 is 19.5 Å². The third-order valence-corrected chi connectivity index (χ3v) is 3.89. The van der Waals surface area contributed by atoms with Crippen molar-refractivity contribution in [1.82, 2.24) is 15.1 Å². The Morgan fingerprint density at radius 1 is 1.40 bits per heavy atom. The second kappa shape index (κ2) is 5.30. The number of aliphatic carboxylic acids is 1. The molecule has 2 aliphatic rings. The first-order chi connectivity index (χ1) is 9.30. The van der Waals surface area contributed by atoms with Crippen molar-refractivity contribution in [3.8, 4) is 0 Å². The second-order valence-corrected chi connectivity index (χ2v) is 6.22. The van der Waals surface area contributed by atoms with Crippen LogP contribution in [0.4, 0.5) is 4.79 Å². The number of carbonyl (C=O) groups excluding carboxylic acids is 2. The lowest BCUT2D eigenvalue weighted by molar-refractivity contribution is -0.142. The predicted octanol–water partition coefficient (Wildman–Crippen LogP) is 0.113. The highest BCUT2D eigenvalue weighted by Crippen LogP contribution is 2.30. The number of hydrogen-bond acceptors (Lipinski definition) is 3. The van der Waals surface area contributed by atoms with E-state index in [0.717, 1.165) is 6.42 Å². The summed E-state index contributed by atoms with van der Waals surface area (Å²) in [5.41, 5.74) is 0.0794. The molecule has 2 fully saturated rings. The first-order valence-corrected chi connectivity index (χ1v) is 6.85. The van der Waals surface area contributed by atoms with Crippen LogP contribution in [-0.4, -0.2) is 65.0 Å². The van der Waals surface area contributed by atoms with Crippen LogP contribution in [0.15, 0.2) is 0 Å². The molecule has 7 nitrogen and oxygen atoms in total. The molecule has 3 amide bonds. The largest absolute Gasteiger partial charge is 0.481 e. The number of nitrogens with zero attached hydrogens (tertiary/aromatic N) is 2. The summed E-state index contributed by atoms with van der Waals surface area (Å²) in [6.07, 6.45) is 0.567. The maximum absolute atomic E-state index is 12.5. The Morgan fingerprint density at radius 2 is 2.10 bits per heavy atom. The number of likely N-dealkylation sites (tertiary alicyclic amines) is 1. The smallest absolute Gasteiger partial charge is 0.320 e. The van der Waals surface area contributed by atoms with Crippen LogP contribution in [0.3, 0.4) is 0 Å². The Labute approximate surface area is 117 Å². The van der Waals surface area contributed by atoms with E-state index < -0.39 is 12.0 Å². The quantitative estimate of drug-likeness (QED) is 0.753. The van der Waals surface area contributed by atoms with Crippen molar-refractivity contribution in [3.05, 3.63) is 0 Å². The van der Waals surface area contributed by atoms with Crippen LogP contribution in [0.2, 0.25) is 0 Å². The van der Waals surface area contributed by atoms with Gasteiger partial charge in [-0.25, -0.2) is 4.79 Å². The number of carboxylic acids is 1. The number of amides is 3. The van der Waals surface area contributed by atoms with Gasteiger partial charge in [-0.15, -0.1) is 0 Å². The molecule has 0 aromatic rings. The van der Waals surface area contributed by atoms with E-state index in [2.05, 4.69) is 19.2 Å². The topological polar surface area (TPSA) is 90.0 Å². The van der Waals surface area contributed by atoms with Gasteiger partial charge in [0.1, 0.15) is 6.04 Å².